The first-order valence-electron chi connectivity index (χ1n) is 19.2. The third-order valence-corrected chi connectivity index (χ3v) is 11.2. The summed E-state index contributed by atoms with van der Waals surface area (Å²) >= 11 is 0. The second kappa shape index (κ2) is 13.2. The molecule has 1 heterocycles. The molecule has 0 bridgehead atoms. The fraction of sp³-hybridized carbons (Fsp3) is 0. The van der Waals surface area contributed by atoms with Crippen molar-refractivity contribution in [1.29, 1.82) is 0 Å². The van der Waals surface area contributed by atoms with Gasteiger partial charge in [0, 0.05) is 32.9 Å². The van der Waals surface area contributed by atoms with Crippen LogP contribution < -0.4 is 4.90 Å². The van der Waals surface area contributed by atoms with Gasteiger partial charge in [-0.3, -0.25) is 0 Å². The first-order valence-corrected chi connectivity index (χ1v) is 19.2. The van der Waals surface area contributed by atoms with E-state index in [2.05, 4.69) is 217 Å². The second-order valence-electron chi connectivity index (χ2n) is 14.5. The maximum atomic E-state index is 6.57. The van der Waals surface area contributed by atoms with Crippen LogP contribution in [-0.2, 0) is 0 Å². The van der Waals surface area contributed by atoms with Crippen LogP contribution in [0.4, 0.5) is 17.1 Å². The van der Waals surface area contributed by atoms with E-state index >= 15 is 0 Å². The van der Waals surface area contributed by atoms with Crippen molar-refractivity contribution in [3.05, 3.63) is 212 Å². The molecule has 11 rings (SSSR count). The zero-order valence-corrected chi connectivity index (χ0v) is 30.6. The summed E-state index contributed by atoms with van der Waals surface area (Å²) in [5, 5.41) is 9.50. The molecule has 0 atom stereocenters. The van der Waals surface area contributed by atoms with Gasteiger partial charge in [-0.25, -0.2) is 0 Å². The Kier molecular flexibility index (Phi) is 7.53. The van der Waals surface area contributed by atoms with Gasteiger partial charge in [0.25, 0.3) is 0 Å². The molecule has 0 fully saturated rings. The smallest absolute Gasteiger partial charge is 0.143 e. The molecule has 0 radical (unpaired) electrons. The van der Waals surface area contributed by atoms with Crippen LogP contribution >= 0.6 is 0 Å². The number of hydrogen-bond donors (Lipinski definition) is 0. The van der Waals surface area contributed by atoms with Crippen molar-refractivity contribution >= 4 is 71.3 Å². The van der Waals surface area contributed by atoms with Gasteiger partial charge >= 0.3 is 0 Å². The molecule has 2 nitrogen and oxygen atoms in total. The van der Waals surface area contributed by atoms with Gasteiger partial charge < -0.3 is 9.32 Å². The van der Waals surface area contributed by atoms with Crippen LogP contribution in [0.3, 0.4) is 0 Å². The molecule has 10 aromatic carbocycles. The molecule has 0 unspecified atom stereocenters. The van der Waals surface area contributed by atoms with Gasteiger partial charge in [-0.1, -0.05) is 164 Å². The highest BCUT2D eigenvalue weighted by atomic mass is 16.3. The SMILES string of the molecule is c1cc(-c2cccc3oc4c5ccccc5ccc4c23)cc(N(c2ccc(-c3ccc(-c4ccc5ccccc5c4)cc3)cc2)c2cccc3ccccc23)c1. The van der Waals surface area contributed by atoms with E-state index in [-0.39, 0.29) is 0 Å². The third kappa shape index (κ3) is 5.42. The molecule has 56 heavy (non-hydrogen) atoms. The Bertz CT molecular complexity index is 3240. The summed E-state index contributed by atoms with van der Waals surface area (Å²) in [6, 6.07) is 76.5. The maximum absolute atomic E-state index is 6.57. The predicted octanol–water partition coefficient (Wildman–Crippen LogP) is 15.5. The van der Waals surface area contributed by atoms with E-state index in [4.69, 9.17) is 4.42 Å². The Morgan fingerprint density at radius 1 is 0.321 bits per heavy atom. The molecule has 0 saturated heterocycles. The van der Waals surface area contributed by atoms with Crippen LogP contribution in [0.15, 0.2) is 217 Å². The lowest BCUT2D eigenvalue weighted by molar-refractivity contribution is 0.673. The molecule has 262 valence electrons. The molecule has 0 amide bonds. The minimum absolute atomic E-state index is 0.894. The lowest BCUT2D eigenvalue weighted by Crippen LogP contribution is -2.10. The van der Waals surface area contributed by atoms with Gasteiger partial charge in [0.2, 0.25) is 0 Å². The van der Waals surface area contributed by atoms with Gasteiger partial charge in [-0.05, 0) is 103 Å². The average molecular weight is 714 g/mol. The first kappa shape index (κ1) is 32.0. The minimum atomic E-state index is 0.894. The monoisotopic (exact) mass is 713 g/mol. The van der Waals surface area contributed by atoms with Crippen LogP contribution in [0.2, 0.25) is 0 Å². The summed E-state index contributed by atoms with van der Waals surface area (Å²) in [5.74, 6) is 0. The van der Waals surface area contributed by atoms with E-state index in [9.17, 15) is 0 Å². The Labute approximate surface area is 325 Å². The van der Waals surface area contributed by atoms with Crippen LogP contribution in [0, 0.1) is 0 Å². The summed E-state index contributed by atoms with van der Waals surface area (Å²) in [6.45, 7) is 0. The molecule has 0 aliphatic rings. The second-order valence-corrected chi connectivity index (χ2v) is 14.5. The topological polar surface area (TPSA) is 16.4 Å². The fourth-order valence-corrected chi connectivity index (χ4v) is 8.46. The van der Waals surface area contributed by atoms with Crippen LogP contribution in [0.5, 0.6) is 0 Å². The molecule has 0 spiro atoms. The van der Waals surface area contributed by atoms with Crippen molar-refractivity contribution in [3.63, 3.8) is 0 Å². The number of furan rings is 1. The average Bonchev–Trinajstić information content (AvgIpc) is 3.67. The molecule has 1 aromatic heterocycles. The van der Waals surface area contributed by atoms with Gasteiger partial charge in [-0.2, -0.15) is 0 Å². The highest BCUT2D eigenvalue weighted by molar-refractivity contribution is 6.19. The summed E-state index contributed by atoms with van der Waals surface area (Å²) in [5.41, 5.74) is 12.2. The standard InChI is InChI=1S/C54H35NO/c1-2-13-42-34-43(27-26-36(42)10-1)39-24-22-37(23-25-39)38-28-31-45(32-29-38)55(51-20-8-14-40-11-3-5-17-47(40)51)46-16-7-15-44(35-46)48-19-9-21-52-53(48)50-33-30-41-12-4-6-18-49(41)54(50)56-52/h1-35H. The summed E-state index contributed by atoms with van der Waals surface area (Å²) in [7, 11) is 0. The first-order chi connectivity index (χ1) is 27.7. The van der Waals surface area contributed by atoms with Crippen molar-refractivity contribution < 1.29 is 4.42 Å². The van der Waals surface area contributed by atoms with Gasteiger partial charge in [-0.15, -0.1) is 0 Å². The Hall–Kier alpha value is -7.42. The lowest BCUT2D eigenvalue weighted by atomic mass is 9.97. The van der Waals surface area contributed by atoms with E-state index in [0.717, 1.165) is 55.5 Å². The quantitative estimate of drug-likeness (QED) is 0.171. The van der Waals surface area contributed by atoms with E-state index in [1.165, 1.54) is 49.2 Å². The molecular weight excluding hydrogens is 679 g/mol. The maximum Gasteiger partial charge on any atom is 0.143 e. The lowest BCUT2D eigenvalue weighted by Gasteiger charge is -2.27. The van der Waals surface area contributed by atoms with Gasteiger partial charge in [0.1, 0.15) is 11.2 Å². The summed E-state index contributed by atoms with van der Waals surface area (Å²) in [4.78, 5) is 2.39. The van der Waals surface area contributed by atoms with E-state index < -0.39 is 0 Å². The Morgan fingerprint density at radius 3 is 1.71 bits per heavy atom. The molecule has 0 aliphatic heterocycles. The zero-order chi connectivity index (χ0) is 37.0. The normalized spacial score (nSPS) is 11.6. The highest BCUT2D eigenvalue weighted by Crippen LogP contribution is 2.43. The van der Waals surface area contributed by atoms with Crippen molar-refractivity contribution in [2.45, 2.75) is 0 Å². The van der Waals surface area contributed by atoms with Crippen LogP contribution in [0.1, 0.15) is 0 Å². The minimum Gasteiger partial charge on any atom is -0.455 e. The Balaban J connectivity index is 1.00. The molecule has 11 aromatic rings. The van der Waals surface area contributed by atoms with E-state index in [0.29, 0.717) is 0 Å². The number of benzene rings is 10. The number of anilines is 3. The zero-order valence-electron chi connectivity index (χ0n) is 30.6. The third-order valence-electron chi connectivity index (χ3n) is 11.2. The number of fused-ring (bicyclic) bond motifs is 7. The molecular formula is C54H35NO. The van der Waals surface area contributed by atoms with Crippen molar-refractivity contribution in [2.24, 2.45) is 0 Å². The van der Waals surface area contributed by atoms with Crippen LogP contribution in [-0.4, -0.2) is 0 Å². The van der Waals surface area contributed by atoms with Crippen LogP contribution in [0.25, 0.3) is 87.6 Å². The highest BCUT2D eigenvalue weighted by Gasteiger charge is 2.19. The number of nitrogens with zero attached hydrogens (tertiary/aromatic N) is 1. The van der Waals surface area contributed by atoms with Gasteiger partial charge in [0.15, 0.2) is 0 Å². The molecule has 0 aliphatic carbocycles. The van der Waals surface area contributed by atoms with Crippen molar-refractivity contribution in [2.75, 3.05) is 4.90 Å². The largest absolute Gasteiger partial charge is 0.455 e. The summed E-state index contributed by atoms with van der Waals surface area (Å²) in [6.07, 6.45) is 0. The predicted molar refractivity (Wildman–Crippen MR) is 237 cm³/mol. The van der Waals surface area contributed by atoms with Crippen molar-refractivity contribution in [3.8, 4) is 33.4 Å². The fourth-order valence-electron chi connectivity index (χ4n) is 8.46. The number of hydrogen-bond acceptors (Lipinski definition) is 2. The van der Waals surface area contributed by atoms with Crippen molar-refractivity contribution in [1.82, 2.24) is 0 Å². The van der Waals surface area contributed by atoms with E-state index in [1.807, 2.05) is 0 Å². The summed E-state index contributed by atoms with van der Waals surface area (Å²) < 4.78 is 6.57. The van der Waals surface area contributed by atoms with E-state index in [1.54, 1.807) is 0 Å². The Morgan fingerprint density at radius 2 is 0.911 bits per heavy atom. The number of rotatable bonds is 6. The molecule has 0 N–H and O–H groups in total. The molecule has 2 heteroatoms. The van der Waals surface area contributed by atoms with Gasteiger partial charge in [0.05, 0.1) is 5.69 Å². The molecule has 0 saturated carbocycles.